The van der Waals surface area contributed by atoms with Gasteiger partial charge in [-0.15, -0.1) is 0 Å². The van der Waals surface area contributed by atoms with Crippen LogP contribution in [0.5, 0.6) is 0 Å². The minimum absolute atomic E-state index is 0.295. The SMILES string of the molecule is COCc1cccc(NC(=O)CN(c2ccc(C)cc2)S(C)(=O)=O)c1. The molecule has 0 aliphatic carbocycles. The molecule has 7 heteroatoms. The number of hydrogen-bond acceptors (Lipinski definition) is 4. The highest BCUT2D eigenvalue weighted by molar-refractivity contribution is 7.92. The Kier molecular flexibility index (Phi) is 6.17. The molecule has 0 aliphatic heterocycles. The molecule has 2 aromatic carbocycles. The molecule has 134 valence electrons. The van der Waals surface area contributed by atoms with Crippen LogP contribution in [0.1, 0.15) is 11.1 Å². The van der Waals surface area contributed by atoms with Gasteiger partial charge in [0, 0.05) is 12.8 Å². The first-order valence-electron chi connectivity index (χ1n) is 7.71. The van der Waals surface area contributed by atoms with Crippen molar-refractivity contribution >= 4 is 27.3 Å². The van der Waals surface area contributed by atoms with E-state index in [0.717, 1.165) is 21.7 Å². The van der Waals surface area contributed by atoms with Crippen molar-refractivity contribution in [3.05, 3.63) is 59.7 Å². The number of carbonyl (C=O) groups excluding carboxylic acids is 1. The predicted molar refractivity (Wildman–Crippen MR) is 99.2 cm³/mol. The molecule has 1 N–H and O–H groups in total. The lowest BCUT2D eigenvalue weighted by molar-refractivity contribution is -0.114. The molecule has 2 aromatic rings. The van der Waals surface area contributed by atoms with Crippen molar-refractivity contribution in [1.82, 2.24) is 0 Å². The highest BCUT2D eigenvalue weighted by Gasteiger charge is 2.20. The Labute approximate surface area is 148 Å². The monoisotopic (exact) mass is 362 g/mol. The Balaban J connectivity index is 2.15. The fourth-order valence-electron chi connectivity index (χ4n) is 2.35. The maximum Gasteiger partial charge on any atom is 0.245 e. The Morgan fingerprint density at radius 1 is 1.16 bits per heavy atom. The molecular formula is C18H22N2O4S. The van der Waals surface area contributed by atoms with Gasteiger partial charge in [0.05, 0.1) is 18.6 Å². The molecule has 0 radical (unpaired) electrons. The van der Waals surface area contributed by atoms with Crippen molar-refractivity contribution in [2.75, 3.05) is 29.5 Å². The van der Waals surface area contributed by atoms with Crippen LogP contribution >= 0.6 is 0 Å². The summed E-state index contributed by atoms with van der Waals surface area (Å²) >= 11 is 0. The van der Waals surface area contributed by atoms with Gasteiger partial charge in [0.25, 0.3) is 0 Å². The van der Waals surface area contributed by atoms with Crippen LogP contribution in [-0.4, -0.2) is 34.2 Å². The number of carbonyl (C=O) groups is 1. The number of ether oxygens (including phenoxy) is 1. The number of benzene rings is 2. The lowest BCUT2D eigenvalue weighted by Crippen LogP contribution is -2.37. The molecule has 0 aromatic heterocycles. The van der Waals surface area contributed by atoms with E-state index in [-0.39, 0.29) is 6.54 Å². The highest BCUT2D eigenvalue weighted by atomic mass is 32.2. The molecule has 6 nitrogen and oxygen atoms in total. The predicted octanol–water partition coefficient (Wildman–Crippen LogP) is 2.55. The zero-order chi connectivity index (χ0) is 18.4. The number of methoxy groups -OCH3 is 1. The van der Waals surface area contributed by atoms with Crippen molar-refractivity contribution in [3.63, 3.8) is 0 Å². The first kappa shape index (κ1) is 19.0. The first-order valence-corrected chi connectivity index (χ1v) is 9.56. The second-order valence-corrected chi connectivity index (χ2v) is 7.69. The van der Waals surface area contributed by atoms with E-state index in [4.69, 9.17) is 4.74 Å². The number of sulfonamides is 1. The van der Waals surface area contributed by atoms with Crippen LogP contribution in [0.25, 0.3) is 0 Å². The maximum absolute atomic E-state index is 12.3. The molecule has 0 bridgehead atoms. The summed E-state index contributed by atoms with van der Waals surface area (Å²) in [5.74, 6) is -0.416. The summed E-state index contributed by atoms with van der Waals surface area (Å²) in [7, 11) is -1.99. The van der Waals surface area contributed by atoms with Crippen LogP contribution in [0, 0.1) is 6.92 Å². The number of anilines is 2. The second-order valence-electron chi connectivity index (χ2n) is 5.79. The number of rotatable bonds is 7. The summed E-state index contributed by atoms with van der Waals surface area (Å²) in [6.07, 6.45) is 1.08. The average Bonchev–Trinajstić information content (AvgIpc) is 2.53. The number of aryl methyl sites for hydroxylation is 1. The standard InChI is InChI=1S/C18H22N2O4S/c1-14-7-9-17(10-8-14)20(25(3,22)23)12-18(21)19-16-6-4-5-15(11-16)13-24-2/h4-11H,12-13H2,1-3H3,(H,19,21). The topological polar surface area (TPSA) is 75.7 Å². The fraction of sp³-hybridized carbons (Fsp3) is 0.278. The van der Waals surface area contributed by atoms with Crippen molar-refractivity contribution in [3.8, 4) is 0 Å². The van der Waals surface area contributed by atoms with Crippen LogP contribution in [0.4, 0.5) is 11.4 Å². The molecule has 0 saturated heterocycles. The molecule has 0 spiro atoms. The van der Waals surface area contributed by atoms with E-state index in [0.29, 0.717) is 18.0 Å². The first-order chi connectivity index (χ1) is 11.8. The third-order valence-electron chi connectivity index (χ3n) is 3.53. The number of hydrogen-bond donors (Lipinski definition) is 1. The van der Waals surface area contributed by atoms with E-state index >= 15 is 0 Å². The molecule has 0 saturated carbocycles. The van der Waals surface area contributed by atoms with E-state index in [2.05, 4.69) is 5.32 Å². The van der Waals surface area contributed by atoms with E-state index in [9.17, 15) is 13.2 Å². The second kappa shape index (κ2) is 8.13. The Morgan fingerprint density at radius 3 is 2.44 bits per heavy atom. The van der Waals surface area contributed by atoms with Crippen LogP contribution < -0.4 is 9.62 Å². The zero-order valence-corrected chi connectivity index (χ0v) is 15.3. The van der Waals surface area contributed by atoms with E-state index in [1.807, 2.05) is 13.0 Å². The average molecular weight is 362 g/mol. The van der Waals surface area contributed by atoms with Gasteiger partial charge in [-0.25, -0.2) is 8.42 Å². The smallest absolute Gasteiger partial charge is 0.245 e. The summed E-state index contributed by atoms with van der Waals surface area (Å²) in [6, 6.07) is 14.2. The van der Waals surface area contributed by atoms with Gasteiger partial charge in [-0.3, -0.25) is 9.10 Å². The number of nitrogens with zero attached hydrogens (tertiary/aromatic N) is 1. The van der Waals surface area contributed by atoms with E-state index in [1.54, 1.807) is 49.6 Å². The van der Waals surface area contributed by atoms with Gasteiger partial charge in [-0.2, -0.15) is 0 Å². The van der Waals surface area contributed by atoms with Crippen LogP contribution in [0.3, 0.4) is 0 Å². The van der Waals surface area contributed by atoms with Crippen LogP contribution in [0.15, 0.2) is 48.5 Å². The van der Waals surface area contributed by atoms with Crippen molar-refractivity contribution < 1.29 is 17.9 Å². The third-order valence-corrected chi connectivity index (χ3v) is 4.67. The van der Waals surface area contributed by atoms with Crippen LogP contribution in [-0.2, 0) is 26.2 Å². The Morgan fingerprint density at radius 2 is 1.84 bits per heavy atom. The summed E-state index contributed by atoms with van der Waals surface area (Å²) < 4.78 is 30.3. The van der Waals surface area contributed by atoms with Crippen molar-refractivity contribution in [2.45, 2.75) is 13.5 Å². The molecule has 25 heavy (non-hydrogen) atoms. The minimum Gasteiger partial charge on any atom is -0.380 e. The molecule has 0 atom stereocenters. The lowest BCUT2D eigenvalue weighted by atomic mass is 10.2. The quantitative estimate of drug-likeness (QED) is 0.821. The van der Waals surface area contributed by atoms with Gasteiger partial charge in [-0.05, 0) is 36.8 Å². The van der Waals surface area contributed by atoms with Crippen LogP contribution in [0.2, 0.25) is 0 Å². The minimum atomic E-state index is -3.58. The highest BCUT2D eigenvalue weighted by Crippen LogP contribution is 2.18. The molecule has 2 rings (SSSR count). The molecule has 0 aliphatic rings. The third kappa shape index (κ3) is 5.58. The Hall–Kier alpha value is -2.38. The normalized spacial score (nSPS) is 11.2. The van der Waals surface area contributed by atoms with Gasteiger partial charge in [0.1, 0.15) is 6.54 Å². The van der Waals surface area contributed by atoms with Crippen molar-refractivity contribution in [1.29, 1.82) is 0 Å². The van der Waals surface area contributed by atoms with Crippen molar-refractivity contribution in [2.24, 2.45) is 0 Å². The fourth-order valence-corrected chi connectivity index (χ4v) is 3.20. The zero-order valence-electron chi connectivity index (χ0n) is 14.5. The summed E-state index contributed by atoms with van der Waals surface area (Å²) in [5.41, 5.74) is 2.98. The molecule has 1 amide bonds. The number of nitrogens with one attached hydrogen (secondary N) is 1. The molecular weight excluding hydrogens is 340 g/mol. The number of amides is 1. The van der Waals surface area contributed by atoms with Gasteiger partial charge in [-0.1, -0.05) is 29.8 Å². The van der Waals surface area contributed by atoms with Gasteiger partial charge in [0.15, 0.2) is 0 Å². The summed E-state index contributed by atoms with van der Waals surface area (Å²) in [6.45, 7) is 2.05. The van der Waals surface area contributed by atoms with E-state index in [1.165, 1.54) is 0 Å². The van der Waals surface area contributed by atoms with E-state index < -0.39 is 15.9 Å². The summed E-state index contributed by atoms with van der Waals surface area (Å²) in [4.78, 5) is 12.3. The lowest BCUT2D eigenvalue weighted by Gasteiger charge is -2.22. The van der Waals surface area contributed by atoms with Gasteiger partial charge >= 0.3 is 0 Å². The summed E-state index contributed by atoms with van der Waals surface area (Å²) in [5, 5.41) is 2.72. The molecule has 0 unspecified atom stereocenters. The molecule has 0 fully saturated rings. The Bertz CT molecular complexity index is 832. The maximum atomic E-state index is 12.3. The van der Waals surface area contributed by atoms with Gasteiger partial charge < -0.3 is 10.1 Å². The largest absolute Gasteiger partial charge is 0.380 e. The van der Waals surface area contributed by atoms with Gasteiger partial charge in [0.2, 0.25) is 15.9 Å². The molecule has 0 heterocycles.